The van der Waals surface area contributed by atoms with Gasteiger partial charge in [0.1, 0.15) is 11.5 Å². The summed E-state index contributed by atoms with van der Waals surface area (Å²) in [5, 5.41) is 9.19. The van der Waals surface area contributed by atoms with Gasteiger partial charge in [0.15, 0.2) is 0 Å². The average Bonchev–Trinajstić information content (AvgIpc) is 2.67. The minimum absolute atomic E-state index is 0.0288. The number of aliphatic hydroxyl groups is 1. The van der Waals surface area contributed by atoms with Crippen molar-refractivity contribution in [1.82, 2.24) is 4.90 Å². The van der Waals surface area contributed by atoms with E-state index in [0.29, 0.717) is 18.7 Å². The van der Waals surface area contributed by atoms with Crippen LogP contribution in [0.4, 0.5) is 13.2 Å². The van der Waals surface area contributed by atoms with Gasteiger partial charge in [-0.05, 0) is 36.4 Å². The van der Waals surface area contributed by atoms with Gasteiger partial charge >= 0.3 is 6.18 Å². The van der Waals surface area contributed by atoms with Crippen molar-refractivity contribution in [1.29, 1.82) is 0 Å². The van der Waals surface area contributed by atoms with Crippen molar-refractivity contribution in [3.63, 3.8) is 0 Å². The zero-order chi connectivity index (χ0) is 19.4. The molecule has 1 amide bonds. The lowest BCUT2D eigenvalue weighted by molar-refractivity contribution is -0.137. The number of hydrogen-bond donors (Lipinski definition) is 1. The molecule has 1 unspecified atom stereocenters. The van der Waals surface area contributed by atoms with Gasteiger partial charge in [0.25, 0.3) is 5.91 Å². The summed E-state index contributed by atoms with van der Waals surface area (Å²) in [6, 6.07) is 10.8. The molecule has 1 heterocycles. The molecule has 0 spiro atoms. The van der Waals surface area contributed by atoms with Crippen LogP contribution in [0.15, 0.2) is 48.5 Å². The Morgan fingerprint density at radius 3 is 2.59 bits per heavy atom. The van der Waals surface area contributed by atoms with Crippen molar-refractivity contribution in [2.75, 3.05) is 26.3 Å². The van der Waals surface area contributed by atoms with Gasteiger partial charge in [0, 0.05) is 18.7 Å². The van der Waals surface area contributed by atoms with E-state index in [1.165, 1.54) is 18.2 Å². The first kappa shape index (κ1) is 19.2. The number of hydrogen-bond acceptors (Lipinski definition) is 4. The van der Waals surface area contributed by atoms with Crippen molar-refractivity contribution in [2.45, 2.75) is 12.3 Å². The van der Waals surface area contributed by atoms with E-state index in [4.69, 9.17) is 9.47 Å². The molecule has 2 aromatic carbocycles. The smallest absolute Gasteiger partial charge is 0.416 e. The first-order valence-electron chi connectivity index (χ1n) is 8.34. The lowest BCUT2D eigenvalue weighted by atomic mass is 10.1. The van der Waals surface area contributed by atoms with Crippen LogP contribution < -0.4 is 4.74 Å². The summed E-state index contributed by atoms with van der Waals surface area (Å²) in [6.07, 6.45) is -4.89. The van der Waals surface area contributed by atoms with Gasteiger partial charge in [-0.1, -0.05) is 12.1 Å². The fourth-order valence-electron chi connectivity index (χ4n) is 2.76. The Bertz CT molecular complexity index is 810. The second-order valence-corrected chi connectivity index (χ2v) is 6.08. The van der Waals surface area contributed by atoms with E-state index >= 15 is 0 Å². The molecule has 1 fully saturated rings. The van der Waals surface area contributed by atoms with Crippen LogP contribution in [-0.2, 0) is 10.9 Å². The third kappa shape index (κ3) is 4.78. The number of alkyl halides is 3. The van der Waals surface area contributed by atoms with E-state index in [0.717, 1.165) is 12.1 Å². The molecule has 8 heteroatoms. The van der Waals surface area contributed by atoms with Crippen LogP contribution >= 0.6 is 0 Å². The van der Waals surface area contributed by atoms with Gasteiger partial charge in [0.2, 0.25) is 0 Å². The second kappa shape index (κ2) is 7.98. The van der Waals surface area contributed by atoms with E-state index in [-0.39, 0.29) is 30.6 Å². The maximum atomic E-state index is 12.8. The topological polar surface area (TPSA) is 59.0 Å². The fraction of sp³-hybridized carbons (Fsp3) is 0.316. The summed E-state index contributed by atoms with van der Waals surface area (Å²) in [4.78, 5) is 14.2. The predicted molar refractivity (Wildman–Crippen MR) is 90.7 cm³/mol. The zero-order valence-electron chi connectivity index (χ0n) is 14.3. The number of benzene rings is 2. The number of amides is 1. The highest BCUT2D eigenvalue weighted by molar-refractivity contribution is 5.94. The quantitative estimate of drug-likeness (QED) is 0.883. The SMILES string of the molecule is O=C(c1cccc(Oc2cccc(C(F)(F)F)c2)c1)N1CCOC(CO)C1. The molecule has 1 atom stereocenters. The summed E-state index contributed by atoms with van der Waals surface area (Å²) < 4.78 is 49.3. The Morgan fingerprint density at radius 1 is 1.19 bits per heavy atom. The van der Waals surface area contributed by atoms with Crippen LogP contribution in [-0.4, -0.2) is 48.3 Å². The molecular weight excluding hydrogens is 363 g/mol. The number of morpholine rings is 1. The highest BCUT2D eigenvalue weighted by Gasteiger charge is 2.30. The molecule has 1 saturated heterocycles. The van der Waals surface area contributed by atoms with Crippen LogP contribution in [0.3, 0.4) is 0 Å². The Morgan fingerprint density at radius 2 is 1.89 bits per heavy atom. The molecule has 0 saturated carbocycles. The van der Waals surface area contributed by atoms with E-state index in [2.05, 4.69) is 0 Å². The molecule has 27 heavy (non-hydrogen) atoms. The van der Waals surface area contributed by atoms with E-state index in [9.17, 15) is 23.1 Å². The summed E-state index contributed by atoms with van der Waals surface area (Å²) in [6.45, 7) is 0.821. The monoisotopic (exact) mass is 381 g/mol. The molecule has 2 aromatic rings. The zero-order valence-corrected chi connectivity index (χ0v) is 14.3. The number of halogens is 3. The van der Waals surface area contributed by atoms with Gasteiger partial charge < -0.3 is 19.5 Å². The molecule has 144 valence electrons. The van der Waals surface area contributed by atoms with Crippen LogP contribution in [0.25, 0.3) is 0 Å². The number of nitrogens with zero attached hydrogens (tertiary/aromatic N) is 1. The van der Waals surface area contributed by atoms with Crippen molar-refractivity contribution in [3.8, 4) is 11.5 Å². The standard InChI is InChI=1S/C19H18F3NO4/c20-19(21,22)14-4-2-6-16(10-14)27-15-5-1-3-13(9-15)18(25)23-7-8-26-17(11-23)12-24/h1-6,9-10,17,24H,7-8,11-12H2. The Hall–Kier alpha value is -2.58. The summed E-state index contributed by atoms with van der Waals surface area (Å²) in [5.41, 5.74) is -0.464. The largest absolute Gasteiger partial charge is 0.457 e. The minimum atomic E-state index is -4.46. The molecule has 1 aliphatic rings. The van der Waals surface area contributed by atoms with E-state index in [1.54, 1.807) is 23.1 Å². The maximum Gasteiger partial charge on any atom is 0.416 e. The van der Waals surface area contributed by atoms with Crippen LogP contribution in [0, 0.1) is 0 Å². The average molecular weight is 381 g/mol. The van der Waals surface area contributed by atoms with Gasteiger partial charge in [-0.3, -0.25) is 4.79 Å². The maximum absolute atomic E-state index is 12.8. The number of aliphatic hydroxyl groups excluding tert-OH is 1. The molecular formula is C19H18F3NO4. The van der Waals surface area contributed by atoms with E-state index in [1.807, 2.05) is 0 Å². The van der Waals surface area contributed by atoms with Crippen LogP contribution in [0.5, 0.6) is 11.5 Å². The summed E-state index contributed by atoms with van der Waals surface area (Å²) in [7, 11) is 0. The summed E-state index contributed by atoms with van der Waals surface area (Å²) in [5.74, 6) is 0.0273. The fourth-order valence-corrected chi connectivity index (χ4v) is 2.76. The van der Waals surface area contributed by atoms with Gasteiger partial charge in [-0.15, -0.1) is 0 Å². The molecule has 1 N–H and O–H groups in total. The van der Waals surface area contributed by atoms with Crippen molar-refractivity contribution in [2.24, 2.45) is 0 Å². The molecule has 1 aliphatic heterocycles. The number of carbonyl (C=O) groups is 1. The van der Waals surface area contributed by atoms with Crippen molar-refractivity contribution < 1.29 is 32.5 Å². The Labute approximate surface area is 153 Å². The predicted octanol–water partition coefficient (Wildman–Crippen LogP) is 3.33. The van der Waals surface area contributed by atoms with Crippen LogP contribution in [0.1, 0.15) is 15.9 Å². The second-order valence-electron chi connectivity index (χ2n) is 6.08. The highest BCUT2D eigenvalue weighted by atomic mass is 19.4. The molecule has 0 aromatic heterocycles. The van der Waals surface area contributed by atoms with Gasteiger partial charge in [0.05, 0.1) is 24.9 Å². The Kier molecular flexibility index (Phi) is 5.67. The molecule has 5 nitrogen and oxygen atoms in total. The summed E-state index contributed by atoms with van der Waals surface area (Å²) >= 11 is 0. The molecule has 0 bridgehead atoms. The first-order chi connectivity index (χ1) is 12.9. The molecule has 0 radical (unpaired) electrons. The van der Waals surface area contributed by atoms with E-state index < -0.39 is 17.8 Å². The number of rotatable bonds is 4. The van der Waals surface area contributed by atoms with Crippen molar-refractivity contribution >= 4 is 5.91 Å². The third-order valence-electron chi connectivity index (χ3n) is 4.11. The Balaban J connectivity index is 1.75. The molecule has 3 rings (SSSR count). The lowest BCUT2D eigenvalue weighted by Gasteiger charge is -2.32. The normalized spacial score (nSPS) is 17.6. The highest BCUT2D eigenvalue weighted by Crippen LogP contribution is 2.32. The van der Waals surface area contributed by atoms with Crippen molar-refractivity contribution in [3.05, 3.63) is 59.7 Å². The lowest BCUT2D eigenvalue weighted by Crippen LogP contribution is -2.46. The van der Waals surface area contributed by atoms with Gasteiger partial charge in [-0.2, -0.15) is 13.2 Å². The third-order valence-corrected chi connectivity index (χ3v) is 4.11. The minimum Gasteiger partial charge on any atom is -0.457 e. The molecule has 0 aliphatic carbocycles. The number of ether oxygens (including phenoxy) is 2. The van der Waals surface area contributed by atoms with Crippen LogP contribution in [0.2, 0.25) is 0 Å². The van der Waals surface area contributed by atoms with Gasteiger partial charge in [-0.25, -0.2) is 0 Å². The number of carbonyl (C=O) groups excluding carboxylic acids is 1. The first-order valence-corrected chi connectivity index (χ1v) is 8.34.